The number of guanidine groups is 1. The first kappa shape index (κ1) is 16.4. The van der Waals surface area contributed by atoms with E-state index in [4.69, 9.17) is 5.73 Å². The van der Waals surface area contributed by atoms with Crippen molar-refractivity contribution >= 4 is 5.96 Å². The van der Waals surface area contributed by atoms with Crippen LogP contribution in [0.5, 0.6) is 0 Å². The smallest absolute Gasteiger partial charge is 0.188 e. The lowest BCUT2D eigenvalue weighted by Gasteiger charge is -2.11. The van der Waals surface area contributed by atoms with E-state index < -0.39 is 0 Å². The van der Waals surface area contributed by atoms with E-state index in [9.17, 15) is 4.39 Å². The van der Waals surface area contributed by atoms with Gasteiger partial charge in [0.05, 0.1) is 6.54 Å². The molecule has 0 spiro atoms. The molecular formula is C15H25FN4. The van der Waals surface area contributed by atoms with Gasteiger partial charge >= 0.3 is 0 Å². The van der Waals surface area contributed by atoms with Crippen LogP contribution in [0.15, 0.2) is 23.2 Å². The highest BCUT2D eigenvalue weighted by atomic mass is 19.1. The first-order chi connectivity index (χ1) is 9.52. The lowest BCUT2D eigenvalue weighted by Crippen LogP contribution is -2.32. The molecule has 0 aliphatic carbocycles. The molecule has 0 saturated carbocycles. The predicted molar refractivity (Wildman–Crippen MR) is 82.0 cm³/mol. The maximum atomic E-state index is 13.6. The van der Waals surface area contributed by atoms with Crippen molar-refractivity contribution in [2.75, 3.05) is 20.6 Å². The van der Waals surface area contributed by atoms with Gasteiger partial charge in [-0.15, -0.1) is 0 Å². The van der Waals surface area contributed by atoms with Crippen LogP contribution in [0.1, 0.15) is 30.9 Å². The van der Waals surface area contributed by atoms with Gasteiger partial charge in [-0.05, 0) is 38.2 Å². The van der Waals surface area contributed by atoms with E-state index in [-0.39, 0.29) is 5.82 Å². The summed E-state index contributed by atoms with van der Waals surface area (Å²) in [5, 5.41) is 3.06. The number of benzene rings is 1. The van der Waals surface area contributed by atoms with E-state index in [2.05, 4.69) is 17.2 Å². The molecule has 0 heterocycles. The highest BCUT2D eigenvalue weighted by molar-refractivity contribution is 5.77. The zero-order chi connectivity index (χ0) is 15.0. The van der Waals surface area contributed by atoms with Crippen LogP contribution in [-0.4, -0.2) is 31.5 Å². The van der Waals surface area contributed by atoms with E-state index in [1.807, 2.05) is 25.1 Å². The van der Waals surface area contributed by atoms with E-state index in [1.165, 1.54) is 6.07 Å². The lowest BCUT2D eigenvalue weighted by atomic mass is 10.1. The number of nitrogens with one attached hydrogen (secondary N) is 1. The minimum absolute atomic E-state index is 0.180. The fourth-order valence-electron chi connectivity index (χ4n) is 1.81. The summed E-state index contributed by atoms with van der Waals surface area (Å²) in [7, 11) is 3.83. The highest BCUT2D eigenvalue weighted by Crippen LogP contribution is 2.13. The first-order valence-electron chi connectivity index (χ1n) is 6.98. The second-order valence-corrected chi connectivity index (χ2v) is 5.15. The molecular weight excluding hydrogens is 255 g/mol. The number of halogens is 1. The minimum Gasteiger partial charge on any atom is -0.370 e. The molecule has 5 heteroatoms. The van der Waals surface area contributed by atoms with Gasteiger partial charge in [-0.1, -0.05) is 19.4 Å². The zero-order valence-electron chi connectivity index (χ0n) is 12.6. The second-order valence-electron chi connectivity index (χ2n) is 5.15. The summed E-state index contributed by atoms with van der Waals surface area (Å²) < 4.78 is 13.6. The Hall–Kier alpha value is -1.62. The van der Waals surface area contributed by atoms with Gasteiger partial charge < -0.3 is 16.0 Å². The summed E-state index contributed by atoms with van der Waals surface area (Å²) in [5.74, 6) is 0.261. The molecule has 0 unspecified atom stereocenters. The normalized spacial score (nSPS) is 11.9. The summed E-state index contributed by atoms with van der Waals surface area (Å²) in [4.78, 5) is 6.20. The number of hydrogen-bond donors (Lipinski definition) is 2. The molecule has 0 bridgehead atoms. The van der Waals surface area contributed by atoms with Crippen molar-refractivity contribution in [1.29, 1.82) is 0 Å². The van der Waals surface area contributed by atoms with Crippen molar-refractivity contribution in [2.45, 2.75) is 32.9 Å². The molecule has 1 aromatic rings. The van der Waals surface area contributed by atoms with Crippen LogP contribution in [0.4, 0.5) is 4.39 Å². The van der Waals surface area contributed by atoms with E-state index in [1.54, 1.807) is 6.07 Å². The molecule has 0 amide bonds. The van der Waals surface area contributed by atoms with Crippen LogP contribution in [0.3, 0.4) is 0 Å². The number of rotatable bonds is 7. The maximum absolute atomic E-state index is 13.6. The van der Waals surface area contributed by atoms with Gasteiger partial charge in [0.25, 0.3) is 0 Å². The third-order valence-corrected chi connectivity index (χ3v) is 2.87. The summed E-state index contributed by atoms with van der Waals surface area (Å²) in [6.07, 6.45) is 2.19. The molecule has 1 rings (SSSR count). The van der Waals surface area contributed by atoms with Crippen molar-refractivity contribution in [3.05, 3.63) is 35.1 Å². The van der Waals surface area contributed by atoms with Crippen molar-refractivity contribution in [3.63, 3.8) is 0 Å². The van der Waals surface area contributed by atoms with Gasteiger partial charge in [-0.25, -0.2) is 9.38 Å². The quantitative estimate of drug-likeness (QED) is 0.457. The summed E-state index contributed by atoms with van der Waals surface area (Å²) >= 11 is 0. The molecule has 3 N–H and O–H groups in total. The molecule has 0 aliphatic rings. The first-order valence-corrected chi connectivity index (χ1v) is 6.98. The largest absolute Gasteiger partial charge is 0.370 e. The molecule has 4 nitrogen and oxygen atoms in total. The Bertz CT molecular complexity index is 443. The van der Waals surface area contributed by atoms with E-state index in [0.29, 0.717) is 24.6 Å². The van der Waals surface area contributed by atoms with Crippen LogP contribution in [0, 0.1) is 5.82 Å². The number of nitrogens with zero attached hydrogens (tertiary/aromatic N) is 2. The fraction of sp³-hybridized carbons (Fsp3) is 0.533. The Balaban J connectivity index is 2.61. The Labute approximate surface area is 120 Å². The standard InChI is InChI=1S/C15H25FN4/c1-4-5-8-18-15(17)19-10-12-6-7-14(16)13(9-12)11-20(2)3/h6-7,9H,4-5,8,10-11H2,1-3H3,(H3,17,18,19). The van der Waals surface area contributed by atoms with Crippen LogP contribution >= 0.6 is 0 Å². The van der Waals surface area contributed by atoms with Gasteiger partial charge in [0, 0.05) is 18.7 Å². The topological polar surface area (TPSA) is 53.6 Å². The molecule has 0 atom stereocenters. The Morgan fingerprint density at radius 2 is 2.15 bits per heavy atom. The third kappa shape index (κ3) is 6.02. The average Bonchev–Trinajstić information content (AvgIpc) is 2.39. The molecule has 0 aromatic heterocycles. The fourth-order valence-corrected chi connectivity index (χ4v) is 1.81. The van der Waals surface area contributed by atoms with Crippen LogP contribution < -0.4 is 11.1 Å². The molecule has 0 fully saturated rings. The molecule has 0 saturated heterocycles. The number of unbranched alkanes of at least 4 members (excludes halogenated alkanes) is 1. The number of aliphatic imine (C=N–C) groups is 1. The van der Waals surface area contributed by atoms with Gasteiger partial charge in [0.2, 0.25) is 0 Å². The Morgan fingerprint density at radius 3 is 2.80 bits per heavy atom. The van der Waals surface area contributed by atoms with E-state index >= 15 is 0 Å². The monoisotopic (exact) mass is 280 g/mol. The van der Waals surface area contributed by atoms with Crippen molar-refractivity contribution in [3.8, 4) is 0 Å². The van der Waals surface area contributed by atoms with Crippen LogP contribution in [0.2, 0.25) is 0 Å². The van der Waals surface area contributed by atoms with Crippen LogP contribution in [-0.2, 0) is 13.1 Å². The second kappa shape index (κ2) is 8.53. The molecule has 112 valence electrons. The van der Waals surface area contributed by atoms with Gasteiger partial charge in [-0.2, -0.15) is 0 Å². The van der Waals surface area contributed by atoms with Gasteiger partial charge in [0.15, 0.2) is 5.96 Å². The SMILES string of the molecule is CCCCNC(N)=NCc1ccc(F)c(CN(C)C)c1. The summed E-state index contributed by atoms with van der Waals surface area (Å²) in [5.41, 5.74) is 7.41. The van der Waals surface area contributed by atoms with Gasteiger partial charge in [0.1, 0.15) is 5.82 Å². The Kier molecular flexibility index (Phi) is 7.01. The lowest BCUT2D eigenvalue weighted by molar-refractivity contribution is 0.392. The predicted octanol–water partition coefficient (Wildman–Crippen LogP) is 2.09. The molecule has 0 aliphatic heterocycles. The van der Waals surface area contributed by atoms with Gasteiger partial charge in [-0.3, -0.25) is 0 Å². The molecule has 1 aromatic carbocycles. The minimum atomic E-state index is -0.180. The third-order valence-electron chi connectivity index (χ3n) is 2.87. The van der Waals surface area contributed by atoms with Crippen molar-refractivity contribution < 1.29 is 4.39 Å². The number of hydrogen-bond acceptors (Lipinski definition) is 2. The highest BCUT2D eigenvalue weighted by Gasteiger charge is 2.04. The maximum Gasteiger partial charge on any atom is 0.188 e. The zero-order valence-corrected chi connectivity index (χ0v) is 12.6. The molecule has 0 radical (unpaired) electrons. The van der Waals surface area contributed by atoms with Crippen molar-refractivity contribution in [1.82, 2.24) is 10.2 Å². The summed E-state index contributed by atoms with van der Waals surface area (Å²) in [6, 6.07) is 5.08. The molecule has 20 heavy (non-hydrogen) atoms. The van der Waals surface area contributed by atoms with Crippen molar-refractivity contribution in [2.24, 2.45) is 10.7 Å². The van der Waals surface area contributed by atoms with Crippen LogP contribution in [0.25, 0.3) is 0 Å². The summed E-state index contributed by atoms with van der Waals surface area (Å²) in [6.45, 7) is 4.00. The average molecular weight is 280 g/mol. The number of nitrogens with two attached hydrogens (primary N) is 1. The Morgan fingerprint density at radius 1 is 1.40 bits per heavy atom. The van der Waals surface area contributed by atoms with E-state index in [0.717, 1.165) is 24.9 Å².